The number of benzene rings is 10. The Morgan fingerprint density at radius 2 is 0.752 bits per heavy atom. The molecule has 790 valence electrons. The normalized spacial score (nSPS) is 15.9. The number of nitro groups is 1. The van der Waals surface area contributed by atoms with Crippen LogP contribution in [0.2, 0.25) is 55.2 Å². The van der Waals surface area contributed by atoms with Crippen LogP contribution in [0.4, 0.5) is 68.2 Å². The number of aryl methyl sites for hydroxylation is 8. The molecule has 41 heteroatoms. The first-order valence-corrected chi connectivity index (χ1v) is 55.1. The number of hydrogen-bond donors (Lipinski definition) is 5. The Hall–Kier alpha value is -11.1. The number of ether oxygens (including phenoxy) is 2. The molecule has 0 spiro atoms. The summed E-state index contributed by atoms with van der Waals surface area (Å²) in [6.45, 7) is 23.8. The van der Waals surface area contributed by atoms with E-state index in [0.717, 1.165) is 98.1 Å². The minimum Gasteiger partial charge on any atom is -0.491 e. The van der Waals surface area contributed by atoms with Crippen molar-refractivity contribution in [2.75, 3.05) is 43.8 Å². The van der Waals surface area contributed by atoms with E-state index in [1.807, 2.05) is 110 Å². The van der Waals surface area contributed by atoms with E-state index < -0.39 is 68.5 Å². The van der Waals surface area contributed by atoms with Crippen LogP contribution in [0.25, 0.3) is 0 Å². The predicted octanol–water partition coefficient (Wildman–Crippen LogP) is 32.4. The third-order valence-corrected chi connectivity index (χ3v) is 29.5. The molecule has 0 saturated carbocycles. The zero-order chi connectivity index (χ0) is 108. The summed E-state index contributed by atoms with van der Waals surface area (Å²) in [5.74, 6) is -2.39. The van der Waals surface area contributed by atoms with Gasteiger partial charge < -0.3 is 20.1 Å². The van der Waals surface area contributed by atoms with Gasteiger partial charge in [-0.3, -0.25) is 50.4 Å². The number of hydrogen-bond acceptors (Lipinski definition) is 20. The fourth-order valence-electron chi connectivity index (χ4n) is 15.8. The lowest BCUT2D eigenvalue weighted by molar-refractivity contribution is -0.384. The first-order valence-electron chi connectivity index (χ1n) is 49.1. The topological polar surface area (TPSA) is 362 Å². The minimum atomic E-state index is -3.43. The molecule has 5 amide bonds. The van der Waals surface area contributed by atoms with Crippen molar-refractivity contribution in [3.63, 3.8) is 0 Å². The summed E-state index contributed by atoms with van der Waals surface area (Å²) in [7, 11) is -3.43. The zero-order valence-electron chi connectivity index (χ0n) is 84.6. The van der Waals surface area contributed by atoms with Crippen LogP contribution >= 0.6 is 128 Å². The lowest BCUT2D eigenvalue weighted by atomic mass is 10.1. The van der Waals surface area contributed by atoms with Gasteiger partial charge in [0.2, 0.25) is 24.0 Å². The van der Waals surface area contributed by atoms with Crippen LogP contribution in [0.15, 0.2) is 209 Å². The summed E-state index contributed by atoms with van der Waals surface area (Å²) in [6.07, 6.45) is 22.0. The largest absolute Gasteiger partial charge is 0.491 e. The molecule has 0 radical (unpaired) electrons. The van der Waals surface area contributed by atoms with E-state index in [1.54, 1.807) is 56.3 Å². The minimum absolute atomic E-state index is 0.0565. The molecule has 10 aromatic carbocycles. The number of anilines is 5. The second kappa shape index (κ2) is 56.8. The molecule has 5 N–H and O–H groups in total. The highest BCUT2D eigenvalue weighted by atomic mass is 35.5. The van der Waals surface area contributed by atoms with Crippen LogP contribution in [0.1, 0.15) is 201 Å². The van der Waals surface area contributed by atoms with E-state index in [2.05, 4.69) is 86.4 Å². The number of rotatable bonds is 44. The van der Waals surface area contributed by atoms with Crippen molar-refractivity contribution in [1.82, 2.24) is 16.3 Å². The van der Waals surface area contributed by atoms with Crippen molar-refractivity contribution in [1.29, 1.82) is 0 Å². The zero-order valence-corrected chi connectivity index (χ0v) is 93.7. The SMILES string of the molecule is CCCCCCCCCCCCOc1cc([N+](=O)[O-])ccc1N=C1NN(c2c(Cl)cc(Cl)cc2Cl)C(=O)C1N=Nc1ccc(C)c(C)c1.CCCCCCCCCCCCS(=O)(=O)CC(C)C(=O)Nc1ccc(Cl)c(N=C2NN(c3c(Cl)cc(Cl)cc3Cl)C(=O)C2N=Nc2ccc(C)c(C)c2)c1.Cc1ccc(OC(C)C(=O)Nc2ccc(Cl)c(N=C3NN(c4c(Cl)cc(Cl)cc4Cl)C(=O)C3N=Nc3ccc(C)c(C)c3)c2)c(C)c1. The molecule has 5 atom stereocenters. The first-order chi connectivity index (χ1) is 71.1. The average molecular weight is 2270 g/mol. The van der Waals surface area contributed by atoms with Crippen molar-refractivity contribution in [2.45, 2.75) is 236 Å². The number of nitro benzene ring substituents is 1. The highest BCUT2D eigenvalue weighted by Gasteiger charge is 2.45. The molecule has 0 aliphatic carbocycles. The Morgan fingerprint density at radius 3 is 1.11 bits per heavy atom. The lowest BCUT2D eigenvalue weighted by Crippen LogP contribution is -2.36. The number of amides is 5. The number of nitrogens with zero attached hydrogens (tertiary/aromatic N) is 13. The van der Waals surface area contributed by atoms with Gasteiger partial charge in [-0.15, -0.1) is 0 Å². The standard InChI is InChI=1S/C39H48Cl4N6O4S.C35H41Cl3N6O4.C34H30Cl4N6O3/c1-5-6-7-8-9-10-11-12-13-14-19-54(52,53)24-27(4)38(50)44-29-17-18-31(41)34(23-29)45-37-35(47-46-30-16-15-25(2)26(3)20-30)39(51)49(48-37)36-32(42)21-28(40)22-33(36)43;1-4-5-6-7-8-9-10-11-12-13-18-48-31-22-27(44(46)47)16-17-30(31)39-34-32(41-40-26-15-14-23(2)24(3)19-26)35(45)43(42-34)33-28(37)20-25(36)21-29(33)38;1-17-6-11-29(20(4)12-17)47-21(5)33(45)39-23-9-10-25(36)28(16-23)40-32-30(42-41-24-8-7-18(2)19(3)13-24)34(46)44(43-32)31-26(37)14-22(35)15-27(31)38/h15-18,20-23,27,35H,5-14,19,24H2,1-4H3,(H,44,50)(H,45,48);14-17,19-22,32H,4-13,18H2,1-3H3,(H,39,42);6-16,21,30H,1-5H3,(H,39,45)(H,40,43). The molecule has 0 bridgehead atoms. The number of sulfone groups is 1. The predicted molar refractivity (Wildman–Crippen MR) is 606 cm³/mol. The number of nitrogens with one attached hydrogen (secondary N) is 5. The van der Waals surface area contributed by atoms with Gasteiger partial charge in [-0.25, -0.2) is 38.4 Å². The number of carbonyl (C=O) groups is 5. The van der Waals surface area contributed by atoms with E-state index in [9.17, 15) is 42.5 Å². The molecule has 29 nitrogen and oxygen atoms in total. The smallest absolute Gasteiger partial charge is 0.280 e. The monoisotopic (exact) mass is 2260 g/mol. The van der Waals surface area contributed by atoms with Crippen LogP contribution in [0.5, 0.6) is 11.5 Å². The van der Waals surface area contributed by atoms with E-state index in [0.29, 0.717) is 57.3 Å². The Bertz CT molecular complexity index is 6790. The molecule has 3 fully saturated rings. The van der Waals surface area contributed by atoms with E-state index >= 15 is 0 Å². The van der Waals surface area contributed by atoms with Gasteiger partial charge in [-0.05, 0) is 235 Å². The van der Waals surface area contributed by atoms with Gasteiger partial charge in [0.1, 0.15) is 28.5 Å². The molecule has 3 aliphatic heterocycles. The maximum atomic E-state index is 13.8. The maximum Gasteiger partial charge on any atom is 0.280 e. The number of carbonyl (C=O) groups excluding carboxylic acids is 5. The van der Waals surface area contributed by atoms with Gasteiger partial charge in [0.15, 0.2) is 39.2 Å². The molecular weight excluding hydrogens is 2150 g/mol. The van der Waals surface area contributed by atoms with E-state index in [-0.39, 0.29) is 126 Å². The number of halogens is 11. The molecule has 149 heavy (non-hydrogen) atoms. The molecule has 3 aliphatic rings. The Balaban J connectivity index is 0.000000213. The van der Waals surface area contributed by atoms with Crippen molar-refractivity contribution >= 4 is 253 Å². The van der Waals surface area contributed by atoms with Crippen LogP contribution in [-0.4, -0.2) is 103 Å². The van der Waals surface area contributed by atoms with Crippen molar-refractivity contribution < 1.29 is 46.8 Å². The van der Waals surface area contributed by atoms with E-state index in [1.165, 1.54) is 150 Å². The van der Waals surface area contributed by atoms with Crippen molar-refractivity contribution in [3.05, 3.63) is 274 Å². The highest BCUT2D eigenvalue weighted by Crippen LogP contribution is 2.44. The molecule has 3 saturated heterocycles. The Morgan fingerprint density at radius 1 is 0.396 bits per heavy atom. The summed E-state index contributed by atoms with van der Waals surface area (Å²) < 4.78 is 37.7. The fraction of sp³-hybridized carbons (Fsp3) is 0.370. The number of aliphatic imine (C=N–C) groups is 3. The number of non-ortho nitro benzene ring substituents is 1. The molecule has 10 aromatic rings. The van der Waals surface area contributed by atoms with Crippen LogP contribution in [-0.2, 0) is 33.8 Å². The van der Waals surface area contributed by atoms with Gasteiger partial charge in [0, 0.05) is 38.4 Å². The first kappa shape index (κ1) is 118. The van der Waals surface area contributed by atoms with Crippen LogP contribution in [0.3, 0.4) is 0 Å². The van der Waals surface area contributed by atoms with E-state index in [4.69, 9.17) is 137 Å². The number of amidine groups is 3. The summed E-state index contributed by atoms with van der Waals surface area (Å²) in [5.41, 5.74) is 20.7. The Kier molecular flexibility index (Phi) is 45.1. The highest BCUT2D eigenvalue weighted by molar-refractivity contribution is 7.91. The Labute approximate surface area is 924 Å². The van der Waals surface area contributed by atoms with Crippen LogP contribution < -0.4 is 51.4 Å². The van der Waals surface area contributed by atoms with Crippen LogP contribution in [0, 0.1) is 71.4 Å². The van der Waals surface area contributed by atoms with Gasteiger partial charge in [-0.2, -0.15) is 30.7 Å². The average Bonchev–Trinajstić information content (AvgIpc) is 1.64. The second-order valence-electron chi connectivity index (χ2n) is 36.6. The molecular formula is C108H119Cl11N18O11S. The quantitative estimate of drug-likeness (QED) is 0.0103. The molecule has 13 rings (SSSR count). The summed E-state index contributed by atoms with van der Waals surface area (Å²) >= 11 is 70.2. The summed E-state index contributed by atoms with van der Waals surface area (Å²) in [4.78, 5) is 92.7. The third-order valence-electron chi connectivity index (χ3n) is 24.6. The molecule has 3 heterocycles. The maximum absolute atomic E-state index is 13.8. The van der Waals surface area contributed by atoms with Gasteiger partial charge in [0.25, 0.3) is 29.3 Å². The number of hydrazine groups is 3. The molecule has 5 unspecified atom stereocenters. The number of azo groups is 3. The van der Waals surface area contributed by atoms with Crippen molar-refractivity contribution in [3.8, 4) is 11.5 Å². The van der Waals surface area contributed by atoms with Gasteiger partial charge in [0.05, 0.1) is 97.7 Å². The second-order valence-corrected chi connectivity index (χ2v) is 43.4. The number of unbranched alkanes of at least 4 members (excludes halogenated alkanes) is 18. The van der Waals surface area contributed by atoms with Gasteiger partial charge in [-0.1, -0.05) is 300 Å². The fourth-order valence-corrected chi connectivity index (χ4v) is 20.8. The third kappa shape index (κ3) is 34.2. The summed E-state index contributed by atoms with van der Waals surface area (Å²) in [6, 6.07) is 41.1. The summed E-state index contributed by atoms with van der Waals surface area (Å²) in [5, 5.41) is 48.8. The van der Waals surface area contributed by atoms with Gasteiger partial charge >= 0.3 is 0 Å². The molecule has 0 aromatic heterocycles. The lowest BCUT2D eigenvalue weighted by Gasteiger charge is -2.19. The van der Waals surface area contributed by atoms with Crippen molar-refractivity contribution in [2.24, 2.45) is 51.6 Å².